The minimum atomic E-state index is -0.300. The maximum absolute atomic E-state index is 12.4. The van der Waals surface area contributed by atoms with Crippen molar-refractivity contribution in [3.8, 4) is 11.5 Å². The SMILES string of the molecule is Cc1ccc(NC(=O)c2cc(Nc3ccc4c(c3)OCCO4)ncn2)cc1. The fourth-order valence-electron chi connectivity index (χ4n) is 2.65. The number of benzene rings is 2. The molecule has 0 spiro atoms. The predicted octanol–water partition coefficient (Wildman–Crippen LogP) is 3.55. The number of anilines is 3. The predicted molar refractivity (Wildman–Crippen MR) is 102 cm³/mol. The molecule has 0 fully saturated rings. The van der Waals surface area contributed by atoms with Gasteiger partial charge in [-0.2, -0.15) is 0 Å². The van der Waals surface area contributed by atoms with Gasteiger partial charge in [0.25, 0.3) is 5.91 Å². The molecule has 4 rings (SSSR count). The van der Waals surface area contributed by atoms with Crippen molar-refractivity contribution in [1.29, 1.82) is 0 Å². The topological polar surface area (TPSA) is 85.4 Å². The highest BCUT2D eigenvalue weighted by Gasteiger charge is 2.13. The Kier molecular flexibility index (Phi) is 4.57. The van der Waals surface area contributed by atoms with Crippen LogP contribution in [0.1, 0.15) is 16.1 Å². The molecule has 0 aliphatic carbocycles. The standard InChI is InChI=1S/C20H18N4O3/c1-13-2-4-14(5-3-13)24-20(25)16-11-19(22-12-21-16)23-15-6-7-17-18(10-15)27-9-8-26-17/h2-7,10-12H,8-9H2,1H3,(H,24,25)(H,21,22,23). The number of ether oxygens (including phenoxy) is 2. The van der Waals surface area contributed by atoms with E-state index in [2.05, 4.69) is 20.6 Å². The van der Waals surface area contributed by atoms with Crippen molar-refractivity contribution >= 4 is 23.1 Å². The number of hydrogen-bond donors (Lipinski definition) is 2. The molecule has 1 aliphatic rings. The first kappa shape index (κ1) is 16.8. The largest absolute Gasteiger partial charge is 0.486 e. The number of carbonyl (C=O) groups excluding carboxylic acids is 1. The van der Waals surface area contributed by atoms with E-state index in [1.165, 1.54) is 6.33 Å². The first-order valence-electron chi connectivity index (χ1n) is 8.54. The number of hydrogen-bond acceptors (Lipinski definition) is 6. The molecular weight excluding hydrogens is 344 g/mol. The van der Waals surface area contributed by atoms with Gasteiger partial charge in [-0.25, -0.2) is 9.97 Å². The maximum atomic E-state index is 12.4. The number of fused-ring (bicyclic) bond motifs is 1. The zero-order valence-electron chi connectivity index (χ0n) is 14.7. The van der Waals surface area contributed by atoms with Gasteiger partial charge in [0.05, 0.1) is 0 Å². The van der Waals surface area contributed by atoms with Gasteiger partial charge in [0, 0.05) is 23.5 Å². The van der Waals surface area contributed by atoms with E-state index in [4.69, 9.17) is 9.47 Å². The van der Waals surface area contributed by atoms with Crippen LogP contribution in [0.4, 0.5) is 17.2 Å². The Hall–Kier alpha value is -3.61. The van der Waals surface area contributed by atoms with Crippen LogP contribution < -0.4 is 20.1 Å². The minimum Gasteiger partial charge on any atom is -0.486 e. The zero-order chi connectivity index (χ0) is 18.6. The van der Waals surface area contributed by atoms with E-state index in [9.17, 15) is 4.79 Å². The van der Waals surface area contributed by atoms with Gasteiger partial charge in [0.2, 0.25) is 0 Å². The molecule has 1 amide bonds. The summed E-state index contributed by atoms with van der Waals surface area (Å²) in [7, 11) is 0. The van der Waals surface area contributed by atoms with Gasteiger partial charge in [-0.15, -0.1) is 0 Å². The number of amides is 1. The summed E-state index contributed by atoms with van der Waals surface area (Å²) in [6.45, 7) is 3.06. The first-order valence-corrected chi connectivity index (χ1v) is 8.54. The van der Waals surface area contributed by atoms with Crippen molar-refractivity contribution in [2.45, 2.75) is 6.92 Å². The fourth-order valence-corrected chi connectivity index (χ4v) is 2.65. The molecule has 0 bridgehead atoms. The molecule has 0 saturated carbocycles. The van der Waals surface area contributed by atoms with Crippen molar-refractivity contribution < 1.29 is 14.3 Å². The molecule has 7 heteroatoms. The van der Waals surface area contributed by atoms with Gasteiger partial charge >= 0.3 is 0 Å². The molecule has 2 heterocycles. The van der Waals surface area contributed by atoms with E-state index in [1.54, 1.807) is 6.07 Å². The maximum Gasteiger partial charge on any atom is 0.274 e. The van der Waals surface area contributed by atoms with Crippen molar-refractivity contribution in [3.63, 3.8) is 0 Å². The van der Waals surface area contributed by atoms with Crippen LogP contribution in [0.2, 0.25) is 0 Å². The van der Waals surface area contributed by atoms with Gasteiger partial charge in [-0.3, -0.25) is 4.79 Å². The van der Waals surface area contributed by atoms with Gasteiger partial charge in [0.15, 0.2) is 11.5 Å². The molecule has 0 saturated heterocycles. The van der Waals surface area contributed by atoms with Crippen molar-refractivity contribution in [3.05, 3.63) is 66.1 Å². The number of nitrogens with one attached hydrogen (secondary N) is 2. The third-order valence-electron chi connectivity index (χ3n) is 4.02. The lowest BCUT2D eigenvalue weighted by molar-refractivity contribution is 0.102. The molecule has 0 atom stereocenters. The van der Waals surface area contributed by atoms with E-state index in [-0.39, 0.29) is 11.6 Å². The van der Waals surface area contributed by atoms with Crippen molar-refractivity contribution in [2.75, 3.05) is 23.8 Å². The summed E-state index contributed by atoms with van der Waals surface area (Å²) < 4.78 is 11.1. The number of rotatable bonds is 4. The van der Waals surface area contributed by atoms with Crippen LogP contribution in [0.15, 0.2) is 54.9 Å². The highest BCUT2D eigenvalue weighted by Crippen LogP contribution is 2.33. The third kappa shape index (κ3) is 3.98. The molecular formula is C20H18N4O3. The number of carbonyl (C=O) groups is 1. The van der Waals surface area contributed by atoms with Gasteiger partial charge in [-0.05, 0) is 31.2 Å². The van der Waals surface area contributed by atoms with Crippen molar-refractivity contribution in [1.82, 2.24) is 9.97 Å². The third-order valence-corrected chi connectivity index (χ3v) is 4.02. The second-order valence-corrected chi connectivity index (χ2v) is 6.09. The Morgan fingerprint density at radius 3 is 2.48 bits per heavy atom. The van der Waals surface area contributed by atoms with Crippen LogP contribution in [0, 0.1) is 6.92 Å². The minimum absolute atomic E-state index is 0.269. The van der Waals surface area contributed by atoms with Gasteiger partial charge < -0.3 is 20.1 Å². The summed E-state index contributed by atoms with van der Waals surface area (Å²) in [6.07, 6.45) is 1.35. The monoisotopic (exact) mass is 362 g/mol. The molecule has 0 radical (unpaired) electrons. The van der Waals surface area contributed by atoms with Crippen molar-refractivity contribution in [2.24, 2.45) is 0 Å². The molecule has 2 N–H and O–H groups in total. The van der Waals surface area contributed by atoms with Crippen LogP contribution in [0.3, 0.4) is 0 Å². The average molecular weight is 362 g/mol. The summed E-state index contributed by atoms with van der Waals surface area (Å²) >= 11 is 0. The summed E-state index contributed by atoms with van der Waals surface area (Å²) in [5, 5.41) is 5.98. The summed E-state index contributed by atoms with van der Waals surface area (Å²) in [4.78, 5) is 20.7. The zero-order valence-corrected chi connectivity index (χ0v) is 14.7. The molecule has 7 nitrogen and oxygen atoms in total. The highest BCUT2D eigenvalue weighted by molar-refractivity contribution is 6.03. The summed E-state index contributed by atoms with van der Waals surface area (Å²) in [5.74, 6) is 1.60. The number of aromatic nitrogens is 2. The molecule has 3 aromatic rings. The lowest BCUT2D eigenvalue weighted by Crippen LogP contribution is -2.15. The number of nitrogens with zero attached hydrogens (tertiary/aromatic N) is 2. The van der Waals surface area contributed by atoms with E-state index in [1.807, 2.05) is 49.4 Å². The summed E-state index contributed by atoms with van der Waals surface area (Å²) in [5.41, 5.74) is 2.89. The van der Waals surface area contributed by atoms with Crippen LogP contribution in [0.25, 0.3) is 0 Å². The van der Waals surface area contributed by atoms with Gasteiger partial charge in [-0.1, -0.05) is 17.7 Å². The van der Waals surface area contributed by atoms with Gasteiger partial charge in [0.1, 0.15) is 31.1 Å². The molecule has 1 aromatic heterocycles. The second kappa shape index (κ2) is 7.33. The Morgan fingerprint density at radius 1 is 0.926 bits per heavy atom. The van der Waals surface area contributed by atoms with E-state index >= 15 is 0 Å². The summed E-state index contributed by atoms with van der Waals surface area (Å²) in [6, 6.07) is 14.7. The van der Waals surface area contributed by atoms with Crippen LogP contribution in [-0.2, 0) is 0 Å². The highest BCUT2D eigenvalue weighted by atomic mass is 16.6. The quantitative estimate of drug-likeness (QED) is 0.738. The van der Waals surface area contributed by atoms with Crippen LogP contribution in [-0.4, -0.2) is 29.1 Å². The molecule has 2 aromatic carbocycles. The Morgan fingerprint density at radius 2 is 1.67 bits per heavy atom. The Labute approximate surface area is 156 Å². The lowest BCUT2D eigenvalue weighted by Gasteiger charge is -2.19. The van der Waals surface area contributed by atoms with E-state index in [0.717, 1.165) is 11.3 Å². The molecule has 1 aliphatic heterocycles. The van der Waals surface area contributed by atoms with Crippen LogP contribution >= 0.6 is 0 Å². The smallest absolute Gasteiger partial charge is 0.274 e. The molecule has 27 heavy (non-hydrogen) atoms. The Balaban J connectivity index is 1.48. The van der Waals surface area contributed by atoms with E-state index < -0.39 is 0 Å². The molecule has 0 unspecified atom stereocenters. The van der Waals surface area contributed by atoms with Crippen LogP contribution in [0.5, 0.6) is 11.5 Å². The lowest BCUT2D eigenvalue weighted by atomic mass is 10.2. The fraction of sp³-hybridized carbons (Fsp3) is 0.150. The second-order valence-electron chi connectivity index (χ2n) is 6.09. The van der Waals surface area contributed by atoms with E-state index in [0.29, 0.717) is 36.2 Å². The Bertz CT molecular complexity index is 973. The normalized spacial score (nSPS) is 12.3. The average Bonchev–Trinajstić information content (AvgIpc) is 2.70. The first-order chi connectivity index (χ1) is 13.2. The number of aryl methyl sites for hydroxylation is 1. The molecule has 136 valence electrons.